The number of imidazole rings is 1. The summed E-state index contributed by atoms with van der Waals surface area (Å²) in [5.74, 6) is 0.133. The average molecular weight is 347 g/mol. The van der Waals surface area contributed by atoms with E-state index in [1.165, 1.54) is 19.3 Å². The van der Waals surface area contributed by atoms with Gasteiger partial charge in [-0.2, -0.15) is 0 Å². The number of aromatic nitrogens is 2. The molecule has 4 rings (SSSR count). The van der Waals surface area contributed by atoms with Gasteiger partial charge in [0.15, 0.2) is 0 Å². The third-order valence-electron chi connectivity index (χ3n) is 5.36. The highest BCUT2D eigenvalue weighted by Gasteiger charge is 2.23. The molecule has 2 aromatic heterocycles. The Hall–Kier alpha value is -2.62. The first-order chi connectivity index (χ1) is 12.8. The largest absolute Gasteiger partial charge is 0.353 e. The number of fused-ring (bicyclic) bond motifs is 1. The summed E-state index contributed by atoms with van der Waals surface area (Å²) in [6, 6.07) is 16.6. The molecule has 1 atom stereocenters. The summed E-state index contributed by atoms with van der Waals surface area (Å²) < 4.78 is 2.09. The lowest BCUT2D eigenvalue weighted by Gasteiger charge is -2.24. The fourth-order valence-corrected chi connectivity index (χ4v) is 4.01. The highest BCUT2D eigenvalue weighted by Crippen LogP contribution is 2.29. The third kappa shape index (κ3) is 3.64. The second-order valence-electron chi connectivity index (χ2n) is 7.18. The van der Waals surface area contributed by atoms with Gasteiger partial charge in [0.05, 0.1) is 5.69 Å². The monoisotopic (exact) mass is 347 g/mol. The maximum Gasteiger partial charge on any atom is 0.221 e. The molecular formula is C22H25N3O. The van der Waals surface area contributed by atoms with E-state index in [0.29, 0.717) is 12.5 Å². The number of amides is 1. The minimum Gasteiger partial charge on any atom is -0.353 e. The number of hydrogen-bond donors (Lipinski definition) is 1. The van der Waals surface area contributed by atoms with E-state index in [9.17, 15) is 4.79 Å². The summed E-state index contributed by atoms with van der Waals surface area (Å²) in [4.78, 5) is 17.3. The van der Waals surface area contributed by atoms with Gasteiger partial charge in [-0.25, -0.2) is 4.98 Å². The van der Waals surface area contributed by atoms with E-state index in [-0.39, 0.29) is 11.8 Å². The van der Waals surface area contributed by atoms with Crippen LogP contribution in [0.1, 0.15) is 55.7 Å². The average Bonchev–Trinajstić information content (AvgIpc) is 3.11. The predicted octanol–water partition coefficient (Wildman–Crippen LogP) is 4.31. The number of carbonyl (C=O) groups excluding carboxylic acids is 1. The van der Waals surface area contributed by atoms with Gasteiger partial charge in [0.1, 0.15) is 5.65 Å². The van der Waals surface area contributed by atoms with Gasteiger partial charge in [-0.15, -0.1) is 0 Å². The summed E-state index contributed by atoms with van der Waals surface area (Å²) in [6.45, 7) is 0. The van der Waals surface area contributed by atoms with Gasteiger partial charge in [-0.05, 0) is 30.5 Å². The van der Waals surface area contributed by atoms with E-state index >= 15 is 0 Å². The van der Waals surface area contributed by atoms with Crippen molar-refractivity contribution < 1.29 is 4.79 Å². The van der Waals surface area contributed by atoms with Crippen molar-refractivity contribution in [3.63, 3.8) is 0 Å². The van der Waals surface area contributed by atoms with Crippen LogP contribution in [0.5, 0.6) is 0 Å². The zero-order chi connectivity index (χ0) is 17.8. The van der Waals surface area contributed by atoms with Crippen molar-refractivity contribution in [2.75, 3.05) is 0 Å². The molecule has 134 valence electrons. The quantitative estimate of drug-likeness (QED) is 0.748. The maximum atomic E-state index is 12.8. The van der Waals surface area contributed by atoms with E-state index in [1.54, 1.807) is 0 Å². The lowest BCUT2D eigenvalue weighted by Crippen LogP contribution is -2.37. The molecule has 0 aliphatic heterocycles. The second-order valence-corrected chi connectivity index (χ2v) is 7.18. The molecule has 0 saturated heterocycles. The molecule has 1 aliphatic rings. The Morgan fingerprint density at radius 2 is 1.85 bits per heavy atom. The molecule has 1 amide bonds. The number of carbonyl (C=O) groups is 1. The van der Waals surface area contributed by atoms with Crippen LogP contribution in [0.3, 0.4) is 0 Å². The SMILES string of the molecule is O=C(CC(c1ccccc1)c1cnc2ccccn12)NC1CCCCC1. The van der Waals surface area contributed by atoms with Gasteiger partial charge in [0.25, 0.3) is 0 Å². The molecule has 1 fully saturated rings. The minimum atomic E-state index is -0.00260. The number of rotatable bonds is 5. The van der Waals surface area contributed by atoms with E-state index in [0.717, 1.165) is 29.7 Å². The summed E-state index contributed by atoms with van der Waals surface area (Å²) in [5.41, 5.74) is 3.12. The standard InChI is InChI=1S/C22H25N3O/c26-22(24-18-11-5-2-6-12-18)15-19(17-9-3-1-4-10-17)20-16-23-21-13-7-8-14-25(20)21/h1,3-4,7-10,13-14,16,18-19H,2,5-6,11-12,15H2,(H,24,26). The number of nitrogens with one attached hydrogen (secondary N) is 1. The predicted molar refractivity (Wildman–Crippen MR) is 103 cm³/mol. The van der Waals surface area contributed by atoms with Crippen LogP contribution in [0.25, 0.3) is 5.65 Å². The molecule has 0 bridgehead atoms. The van der Waals surface area contributed by atoms with Gasteiger partial charge in [-0.1, -0.05) is 55.7 Å². The summed E-state index contributed by atoms with van der Waals surface area (Å²) >= 11 is 0. The third-order valence-corrected chi connectivity index (χ3v) is 5.36. The first-order valence-corrected chi connectivity index (χ1v) is 9.57. The summed E-state index contributed by atoms with van der Waals surface area (Å²) in [7, 11) is 0. The lowest BCUT2D eigenvalue weighted by molar-refractivity contribution is -0.122. The molecule has 4 nitrogen and oxygen atoms in total. The van der Waals surface area contributed by atoms with E-state index in [2.05, 4.69) is 26.8 Å². The van der Waals surface area contributed by atoms with Crippen LogP contribution in [0.4, 0.5) is 0 Å². The van der Waals surface area contributed by atoms with Crippen LogP contribution in [-0.4, -0.2) is 21.3 Å². The fourth-order valence-electron chi connectivity index (χ4n) is 4.01. The normalized spacial score (nSPS) is 16.5. The molecule has 1 aliphatic carbocycles. The first kappa shape index (κ1) is 16.8. The van der Waals surface area contributed by atoms with Crippen molar-refractivity contribution in [3.05, 3.63) is 72.2 Å². The van der Waals surface area contributed by atoms with Crippen LogP contribution >= 0.6 is 0 Å². The van der Waals surface area contributed by atoms with Gasteiger partial charge in [0.2, 0.25) is 5.91 Å². The van der Waals surface area contributed by atoms with Crippen molar-refractivity contribution in [1.29, 1.82) is 0 Å². The highest BCUT2D eigenvalue weighted by atomic mass is 16.1. The molecule has 4 heteroatoms. The smallest absolute Gasteiger partial charge is 0.221 e. The van der Waals surface area contributed by atoms with Crippen LogP contribution in [0.15, 0.2) is 60.9 Å². The molecule has 26 heavy (non-hydrogen) atoms. The van der Waals surface area contributed by atoms with Crippen LogP contribution in [0, 0.1) is 0 Å². The van der Waals surface area contributed by atoms with Gasteiger partial charge in [0, 0.05) is 30.8 Å². The molecule has 3 aromatic rings. The van der Waals surface area contributed by atoms with Gasteiger partial charge in [-0.3, -0.25) is 4.79 Å². The van der Waals surface area contributed by atoms with Crippen molar-refractivity contribution >= 4 is 11.6 Å². The number of benzene rings is 1. The molecule has 1 saturated carbocycles. The zero-order valence-electron chi connectivity index (χ0n) is 15.0. The molecule has 0 spiro atoms. The van der Waals surface area contributed by atoms with Gasteiger partial charge >= 0.3 is 0 Å². The molecule has 1 aromatic carbocycles. The molecule has 0 radical (unpaired) electrons. The van der Waals surface area contributed by atoms with Gasteiger partial charge < -0.3 is 9.72 Å². The highest BCUT2D eigenvalue weighted by molar-refractivity contribution is 5.77. The Morgan fingerprint density at radius 3 is 2.65 bits per heavy atom. The van der Waals surface area contributed by atoms with Crippen molar-refractivity contribution in [3.8, 4) is 0 Å². The molecule has 2 heterocycles. The van der Waals surface area contributed by atoms with Crippen LogP contribution in [-0.2, 0) is 4.79 Å². The van der Waals surface area contributed by atoms with E-state index in [4.69, 9.17) is 0 Å². The van der Waals surface area contributed by atoms with Crippen molar-refractivity contribution in [1.82, 2.24) is 14.7 Å². The lowest BCUT2D eigenvalue weighted by atomic mass is 9.91. The Kier molecular flexibility index (Phi) is 5.00. The fraction of sp³-hybridized carbons (Fsp3) is 0.364. The van der Waals surface area contributed by atoms with Crippen molar-refractivity contribution in [2.45, 2.75) is 50.5 Å². The molecular weight excluding hydrogens is 322 g/mol. The zero-order valence-corrected chi connectivity index (χ0v) is 15.0. The van der Waals surface area contributed by atoms with Crippen LogP contribution in [0.2, 0.25) is 0 Å². The first-order valence-electron chi connectivity index (χ1n) is 9.57. The Bertz CT molecular complexity index is 865. The molecule has 1 unspecified atom stereocenters. The Balaban J connectivity index is 1.60. The summed E-state index contributed by atoms with van der Waals surface area (Å²) in [6.07, 6.45) is 10.3. The summed E-state index contributed by atoms with van der Waals surface area (Å²) in [5, 5.41) is 3.26. The Labute approximate surface area is 154 Å². The minimum absolute atomic E-state index is 0.00260. The van der Waals surface area contributed by atoms with Crippen LogP contribution < -0.4 is 5.32 Å². The number of hydrogen-bond acceptors (Lipinski definition) is 2. The maximum absolute atomic E-state index is 12.8. The number of pyridine rings is 1. The van der Waals surface area contributed by atoms with E-state index in [1.807, 2.05) is 48.8 Å². The molecule has 1 N–H and O–H groups in total. The van der Waals surface area contributed by atoms with E-state index < -0.39 is 0 Å². The number of nitrogens with zero attached hydrogens (tertiary/aromatic N) is 2. The second kappa shape index (κ2) is 7.73. The Morgan fingerprint density at radius 1 is 1.08 bits per heavy atom. The van der Waals surface area contributed by atoms with Crippen molar-refractivity contribution in [2.24, 2.45) is 0 Å². The topological polar surface area (TPSA) is 46.4 Å².